The monoisotopic (exact) mass is 246 g/mol. The van der Waals surface area contributed by atoms with Crippen LogP contribution in [0.1, 0.15) is 26.2 Å². The summed E-state index contributed by atoms with van der Waals surface area (Å²) in [5, 5.41) is 8.11. The first-order valence-corrected chi connectivity index (χ1v) is 6.44. The predicted molar refractivity (Wildman–Crippen MR) is 69.4 cm³/mol. The van der Waals surface area contributed by atoms with Gasteiger partial charge in [0.25, 0.3) is 0 Å². The maximum Gasteiger partial charge on any atom is 0.203 e. The molecule has 2 aromatic heterocycles. The van der Waals surface area contributed by atoms with Crippen LogP contribution in [-0.2, 0) is 0 Å². The minimum Gasteiger partial charge on any atom is -0.347 e. The molecule has 0 amide bonds. The number of fused-ring (bicyclic) bond motifs is 1. The number of piperidine rings is 1. The average Bonchev–Trinajstić information content (AvgIpc) is 2.86. The van der Waals surface area contributed by atoms with Crippen LogP contribution in [0.2, 0.25) is 0 Å². The zero-order valence-corrected chi connectivity index (χ0v) is 10.5. The van der Waals surface area contributed by atoms with Crippen molar-refractivity contribution in [2.24, 2.45) is 5.73 Å². The molecule has 3 rings (SSSR count). The molecule has 0 aromatic carbocycles. The van der Waals surface area contributed by atoms with Crippen molar-refractivity contribution in [2.45, 2.75) is 38.3 Å². The van der Waals surface area contributed by atoms with E-state index in [0.717, 1.165) is 17.9 Å². The Hall–Kier alpha value is -1.69. The first-order chi connectivity index (χ1) is 8.81. The van der Waals surface area contributed by atoms with Gasteiger partial charge in [-0.2, -0.15) is 0 Å². The fourth-order valence-corrected chi connectivity index (χ4v) is 2.83. The number of nitrogens with zero attached hydrogens (tertiary/aromatic N) is 5. The smallest absolute Gasteiger partial charge is 0.203 e. The van der Waals surface area contributed by atoms with Crippen molar-refractivity contribution in [2.75, 3.05) is 11.4 Å². The molecule has 2 N–H and O–H groups in total. The van der Waals surface area contributed by atoms with Gasteiger partial charge >= 0.3 is 0 Å². The van der Waals surface area contributed by atoms with Crippen LogP contribution in [0.3, 0.4) is 0 Å². The second-order valence-electron chi connectivity index (χ2n) is 4.89. The molecule has 0 aliphatic carbocycles. The highest BCUT2D eigenvalue weighted by atomic mass is 15.3. The summed E-state index contributed by atoms with van der Waals surface area (Å²) in [5.74, 6) is 0.901. The standard InChI is InChI=1S/C12H18N6/c1-9-3-2-4-10(7-13)18(9)11-12-16-15-8-17(12)6-5-14-11/h5-6,8-10H,2-4,7,13H2,1H3. The van der Waals surface area contributed by atoms with Crippen LogP contribution in [0.25, 0.3) is 5.65 Å². The van der Waals surface area contributed by atoms with Crippen molar-refractivity contribution in [1.82, 2.24) is 19.6 Å². The summed E-state index contributed by atoms with van der Waals surface area (Å²) < 4.78 is 1.90. The number of aromatic nitrogens is 4. The van der Waals surface area contributed by atoms with Crippen LogP contribution < -0.4 is 10.6 Å². The van der Waals surface area contributed by atoms with E-state index in [4.69, 9.17) is 5.73 Å². The van der Waals surface area contributed by atoms with Gasteiger partial charge in [0.1, 0.15) is 6.33 Å². The number of nitrogens with two attached hydrogens (primary N) is 1. The number of hydrogen-bond donors (Lipinski definition) is 1. The summed E-state index contributed by atoms with van der Waals surface area (Å²) in [6.45, 7) is 2.88. The van der Waals surface area contributed by atoms with Crippen LogP contribution in [0, 0.1) is 0 Å². The molecular formula is C12H18N6. The van der Waals surface area contributed by atoms with Crippen molar-refractivity contribution in [3.05, 3.63) is 18.7 Å². The van der Waals surface area contributed by atoms with Gasteiger partial charge in [-0.1, -0.05) is 0 Å². The highest BCUT2D eigenvalue weighted by Gasteiger charge is 2.29. The molecule has 2 aromatic rings. The molecular weight excluding hydrogens is 228 g/mol. The maximum atomic E-state index is 5.90. The van der Waals surface area contributed by atoms with E-state index >= 15 is 0 Å². The zero-order chi connectivity index (χ0) is 12.5. The fraction of sp³-hybridized carbons (Fsp3) is 0.583. The van der Waals surface area contributed by atoms with E-state index in [2.05, 4.69) is 27.0 Å². The summed E-state index contributed by atoms with van der Waals surface area (Å²) in [4.78, 5) is 6.81. The Kier molecular flexibility index (Phi) is 2.87. The molecule has 1 aliphatic rings. The molecule has 18 heavy (non-hydrogen) atoms. The van der Waals surface area contributed by atoms with Gasteiger partial charge < -0.3 is 10.6 Å². The molecule has 1 saturated heterocycles. The molecule has 1 fully saturated rings. The zero-order valence-electron chi connectivity index (χ0n) is 10.5. The lowest BCUT2D eigenvalue weighted by atomic mass is 9.96. The molecule has 0 spiro atoms. The summed E-state index contributed by atoms with van der Waals surface area (Å²) >= 11 is 0. The molecule has 6 heteroatoms. The SMILES string of the molecule is CC1CCCC(CN)N1c1nccn2cnnc12. The van der Waals surface area contributed by atoms with Gasteiger partial charge in [-0.15, -0.1) is 10.2 Å². The Balaban J connectivity index is 2.08. The Morgan fingerprint density at radius 2 is 2.33 bits per heavy atom. The molecule has 3 heterocycles. The van der Waals surface area contributed by atoms with E-state index in [1.165, 1.54) is 12.8 Å². The topological polar surface area (TPSA) is 72.3 Å². The van der Waals surface area contributed by atoms with E-state index in [1.807, 2.05) is 10.6 Å². The van der Waals surface area contributed by atoms with Gasteiger partial charge in [0, 0.05) is 31.0 Å². The fourth-order valence-electron chi connectivity index (χ4n) is 2.83. The third kappa shape index (κ3) is 1.73. The molecule has 2 unspecified atom stereocenters. The quantitative estimate of drug-likeness (QED) is 0.849. The maximum absolute atomic E-state index is 5.90. The van der Waals surface area contributed by atoms with E-state index in [0.29, 0.717) is 18.6 Å². The third-order valence-electron chi connectivity index (χ3n) is 3.74. The lowest BCUT2D eigenvalue weighted by molar-refractivity contribution is 0.398. The minimum absolute atomic E-state index is 0.351. The molecule has 2 atom stereocenters. The van der Waals surface area contributed by atoms with Crippen LogP contribution in [-0.4, -0.2) is 38.2 Å². The normalized spacial score (nSPS) is 24.7. The third-order valence-corrected chi connectivity index (χ3v) is 3.74. The Morgan fingerprint density at radius 3 is 3.17 bits per heavy atom. The van der Waals surface area contributed by atoms with Gasteiger partial charge in [0.2, 0.25) is 5.65 Å². The largest absolute Gasteiger partial charge is 0.347 e. The molecule has 0 radical (unpaired) electrons. The summed E-state index contributed by atoms with van der Waals surface area (Å²) in [7, 11) is 0. The van der Waals surface area contributed by atoms with Gasteiger partial charge in [-0.3, -0.25) is 4.40 Å². The number of anilines is 1. The van der Waals surface area contributed by atoms with Crippen molar-refractivity contribution in [1.29, 1.82) is 0 Å². The molecule has 6 nitrogen and oxygen atoms in total. The van der Waals surface area contributed by atoms with Gasteiger partial charge in [-0.25, -0.2) is 4.98 Å². The Morgan fingerprint density at radius 1 is 1.44 bits per heavy atom. The lowest BCUT2D eigenvalue weighted by Crippen LogP contribution is -2.49. The Labute approximate surface area is 106 Å². The van der Waals surface area contributed by atoms with Crippen LogP contribution in [0.15, 0.2) is 18.7 Å². The Bertz CT molecular complexity index is 536. The van der Waals surface area contributed by atoms with Crippen molar-refractivity contribution < 1.29 is 0 Å². The molecule has 0 saturated carbocycles. The van der Waals surface area contributed by atoms with E-state index < -0.39 is 0 Å². The highest BCUT2D eigenvalue weighted by Crippen LogP contribution is 2.29. The number of rotatable bonds is 2. The van der Waals surface area contributed by atoms with Crippen molar-refractivity contribution in [3.63, 3.8) is 0 Å². The van der Waals surface area contributed by atoms with E-state index in [9.17, 15) is 0 Å². The first-order valence-electron chi connectivity index (χ1n) is 6.44. The van der Waals surface area contributed by atoms with Crippen molar-refractivity contribution >= 4 is 11.5 Å². The van der Waals surface area contributed by atoms with Crippen LogP contribution >= 0.6 is 0 Å². The number of hydrogen-bond acceptors (Lipinski definition) is 5. The lowest BCUT2D eigenvalue weighted by Gasteiger charge is -2.41. The summed E-state index contributed by atoms with van der Waals surface area (Å²) in [5.41, 5.74) is 6.71. The van der Waals surface area contributed by atoms with Crippen LogP contribution in [0.4, 0.5) is 5.82 Å². The first kappa shape index (κ1) is 11.4. The van der Waals surface area contributed by atoms with Gasteiger partial charge in [0.05, 0.1) is 0 Å². The molecule has 96 valence electrons. The van der Waals surface area contributed by atoms with Crippen molar-refractivity contribution in [3.8, 4) is 0 Å². The second kappa shape index (κ2) is 4.53. The van der Waals surface area contributed by atoms with Crippen LogP contribution in [0.5, 0.6) is 0 Å². The molecule has 1 aliphatic heterocycles. The predicted octanol–water partition coefficient (Wildman–Crippen LogP) is 0.830. The highest BCUT2D eigenvalue weighted by molar-refractivity contribution is 5.64. The summed E-state index contributed by atoms with van der Waals surface area (Å²) in [6, 6.07) is 0.798. The van der Waals surface area contributed by atoms with Gasteiger partial charge in [0.15, 0.2) is 5.82 Å². The van der Waals surface area contributed by atoms with Gasteiger partial charge in [-0.05, 0) is 26.2 Å². The van der Waals surface area contributed by atoms with E-state index in [1.54, 1.807) is 12.5 Å². The average molecular weight is 246 g/mol. The van der Waals surface area contributed by atoms with E-state index in [-0.39, 0.29) is 0 Å². The molecule has 0 bridgehead atoms. The summed E-state index contributed by atoms with van der Waals surface area (Å²) in [6.07, 6.45) is 8.89. The second-order valence-corrected chi connectivity index (χ2v) is 4.89. The minimum atomic E-state index is 0.351.